The highest BCUT2D eigenvalue weighted by atomic mass is 35.5. The lowest BCUT2D eigenvalue weighted by Gasteiger charge is -2.29. The van der Waals surface area contributed by atoms with E-state index in [1.54, 1.807) is 6.07 Å². The van der Waals surface area contributed by atoms with E-state index in [9.17, 15) is 4.79 Å². The average molecular weight is 281 g/mol. The second-order valence-corrected chi connectivity index (χ2v) is 5.63. The SMILES string of the molecule is CNC1CCC(NC(=O)c2cccc(C)c2Cl)CC1. The third kappa shape index (κ3) is 3.48. The summed E-state index contributed by atoms with van der Waals surface area (Å²) >= 11 is 6.18. The highest BCUT2D eigenvalue weighted by Crippen LogP contribution is 2.22. The minimum Gasteiger partial charge on any atom is -0.349 e. The molecule has 0 heterocycles. The van der Waals surface area contributed by atoms with Gasteiger partial charge in [0.2, 0.25) is 0 Å². The van der Waals surface area contributed by atoms with Gasteiger partial charge in [-0.3, -0.25) is 4.79 Å². The number of nitrogens with one attached hydrogen (secondary N) is 2. The molecule has 0 radical (unpaired) electrons. The number of hydrogen-bond acceptors (Lipinski definition) is 2. The van der Waals surface area contributed by atoms with E-state index >= 15 is 0 Å². The number of halogens is 1. The summed E-state index contributed by atoms with van der Waals surface area (Å²) in [7, 11) is 2.00. The van der Waals surface area contributed by atoms with E-state index in [-0.39, 0.29) is 11.9 Å². The molecule has 0 atom stereocenters. The Hall–Kier alpha value is -1.06. The number of amides is 1. The maximum atomic E-state index is 12.2. The molecule has 0 spiro atoms. The molecule has 2 N–H and O–H groups in total. The molecule has 0 unspecified atom stereocenters. The normalized spacial score (nSPS) is 23.1. The van der Waals surface area contributed by atoms with E-state index < -0.39 is 0 Å². The number of benzene rings is 1. The van der Waals surface area contributed by atoms with E-state index in [1.807, 2.05) is 26.1 Å². The molecule has 3 nitrogen and oxygen atoms in total. The van der Waals surface area contributed by atoms with Crippen LogP contribution in [0.25, 0.3) is 0 Å². The van der Waals surface area contributed by atoms with E-state index in [4.69, 9.17) is 11.6 Å². The number of carbonyl (C=O) groups excluding carboxylic acids is 1. The average Bonchev–Trinajstić information content (AvgIpc) is 2.42. The fourth-order valence-corrected chi connectivity index (χ4v) is 2.82. The largest absolute Gasteiger partial charge is 0.349 e. The maximum Gasteiger partial charge on any atom is 0.253 e. The molecule has 4 heteroatoms. The summed E-state index contributed by atoms with van der Waals surface area (Å²) in [6.07, 6.45) is 4.29. The van der Waals surface area contributed by atoms with Crippen molar-refractivity contribution in [3.05, 3.63) is 34.3 Å². The summed E-state index contributed by atoms with van der Waals surface area (Å²) in [5, 5.41) is 6.95. The first kappa shape index (κ1) is 14.4. The molecule has 2 rings (SSSR count). The zero-order valence-corrected chi connectivity index (χ0v) is 12.3. The second-order valence-electron chi connectivity index (χ2n) is 5.25. The van der Waals surface area contributed by atoms with Gasteiger partial charge in [0, 0.05) is 12.1 Å². The van der Waals surface area contributed by atoms with Crippen LogP contribution in [0.5, 0.6) is 0 Å². The first-order valence-electron chi connectivity index (χ1n) is 6.85. The smallest absolute Gasteiger partial charge is 0.253 e. The number of rotatable bonds is 3. The lowest BCUT2D eigenvalue weighted by Crippen LogP contribution is -2.41. The van der Waals surface area contributed by atoms with Crippen molar-refractivity contribution >= 4 is 17.5 Å². The summed E-state index contributed by atoms with van der Waals surface area (Å²) in [5.74, 6) is -0.0541. The molecule has 1 aromatic carbocycles. The van der Waals surface area contributed by atoms with Gasteiger partial charge in [-0.1, -0.05) is 23.7 Å². The molecule has 1 fully saturated rings. The zero-order valence-electron chi connectivity index (χ0n) is 11.5. The molecule has 1 aromatic rings. The fourth-order valence-electron chi connectivity index (χ4n) is 2.61. The Bertz CT molecular complexity index is 453. The third-order valence-corrected chi connectivity index (χ3v) is 4.41. The monoisotopic (exact) mass is 280 g/mol. The summed E-state index contributed by atoms with van der Waals surface area (Å²) in [4.78, 5) is 12.2. The topological polar surface area (TPSA) is 41.1 Å². The Balaban J connectivity index is 1.96. The fraction of sp³-hybridized carbons (Fsp3) is 0.533. The number of hydrogen-bond donors (Lipinski definition) is 2. The van der Waals surface area contributed by atoms with Gasteiger partial charge in [0.15, 0.2) is 0 Å². The highest BCUT2D eigenvalue weighted by Gasteiger charge is 2.22. The molecule has 0 saturated heterocycles. The Morgan fingerprint density at radius 2 is 1.84 bits per heavy atom. The van der Waals surface area contributed by atoms with Crippen LogP contribution in [0.4, 0.5) is 0 Å². The Morgan fingerprint density at radius 1 is 1.21 bits per heavy atom. The first-order chi connectivity index (χ1) is 9.11. The minimum atomic E-state index is -0.0541. The molecule has 104 valence electrons. The van der Waals surface area contributed by atoms with Gasteiger partial charge < -0.3 is 10.6 Å². The molecule has 1 aliphatic carbocycles. The molecule has 19 heavy (non-hydrogen) atoms. The third-order valence-electron chi connectivity index (χ3n) is 3.91. The molecule has 0 aliphatic heterocycles. The van der Waals surface area contributed by atoms with Crippen molar-refractivity contribution in [3.63, 3.8) is 0 Å². The van der Waals surface area contributed by atoms with Crippen molar-refractivity contribution in [2.24, 2.45) is 0 Å². The van der Waals surface area contributed by atoms with Crippen LogP contribution in [0.2, 0.25) is 5.02 Å². The van der Waals surface area contributed by atoms with Gasteiger partial charge in [-0.15, -0.1) is 0 Å². The van der Waals surface area contributed by atoms with Gasteiger partial charge in [0.05, 0.1) is 10.6 Å². The minimum absolute atomic E-state index is 0.0541. The highest BCUT2D eigenvalue weighted by molar-refractivity contribution is 6.34. The van der Waals surface area contributed by atoms with E-state index in [2.05, 4.69) is 10.6 Å². The van der Waals surface area contributed by atoms with Gasteiger partial charge in [-0.2, -0.15) is 0 Å². The van der Waals surface area contributed by atoms with E-state index in [0.717, 1.165) is 31.2 Å². The quantitative estimate of drug-likeness (QED) is 0.894. The first-order valence-corrected chi connectivity index (χ1v) is 7.23. The predicted octanol–water partition coefficient (Wildman–Crippen LogP) is 2.91. The van der Waals surface area contributed by atoms with Crippen LogP contribution in [-0.4, -0.2) is 25.0 Å². The maximum absolute atomic E-state index is 12.2. The molecule has 1 amide bonds. The molecule has 1 aliphatic rings. The Morgan fingerprint density at radius 3 is 2.47 bits per heavy atom. The van der Waals surface area contributed by atoms with Crippen LogP contribution < -0.4 is 10.6 Å². The van der Waals surface area contributed by atoms with Gasteiger partial charge in [0.25, 0.3) is 5.91 Å². The zero-order chi connectivity index (χ0) is 13.8. The Kier molecular flexibility index (Phi) is 4.83. The predicted molar refractivity (Wildman–Crippen MR) is 78.8 cm³/mol. The molecule has 0 aromatic heterocycles. The summed E-state index contributed by atoms with van der Waals surface area (Å²) in [5.41, 5.74) is 1.52. The van der Waals surface area contributed by atoms with Crippen molar-refractivity contribution in [2.75, 3.05) is 7.05 Å². The second kappa shape index (κ2) is 6.40. The molecular formula is C15H21ClN2O. The number of aryl methyl sites for hydroxylation is 1. The summed E-state index contributed by atoms with van der Waals surface area (Å²) in [6, 6.07) is 6.43. The van der Waals surface area contributed by atoms with Crippen molar-refractivity contribution in [3.8, 4) is 0 Å². The van der Waals surface area contributed by atoms with Crippen LogP contribution in [0.1, 0.15) is 41.6 Å². The summed E-state index contributed by atoms with van der Waals surface area (Å²) in [6.45, 7) is 1.91. The van der Waals surface area contributed by atoms with E-state index in [1.165, 1.54) is 0 Å². The lowest BCUT2D eigenvalue weighted by atomic mass is 9.91. The lowest BCUT2D eigenvalue weighted by molar-refractivity contribution is 0.0925. The van der Waals surface area contributed by atoms with Crippen LogP contribution >= 0.6 is 11.6 Å². The number of carbonyl (C=O) groups is 1. The summed E-state index contributed by atoms with van der Waals surface area (Å²) < 4.78 is 0. The van der Waals surface area contributed by atoms with Crippen molar-refractivity contribution < 1.29 is 4.79 Å². The van der Waals surface area contributed by atoms with Gasteiger partial charge in [-0.25, -0.2) is 0 Å². The van der Waals surface area contributed by atoms with Crippen LogP contribution in [-0.2, 0) is 0 Å². The molecule has 1 saturated carbocycles. The van der Waals surface area contributed by atoms with Crippen LogP contribution in [0.15, 0.2) is 18.2 Å². The van der Waals surface area contributed by atoms with Gasteiger partial charge >= 0.3 is 0 Å². The van der Waals surface area contributed by atoms with Crippen LogP contribution in [0, 0.1) is 6.92 Å². The van der Waals surface area contributed by atoms with Gasteiger partial charge in [0.1, 0.15) is 0 Å². The van der Waals surface area contributed by atoms with Crippen molar-refractivity contribution in [1.29, 1.82) is 0 Å². The standard InChI is InChI=1S/C15H21ClN2O/c1-10-4-3-5-13(14(10)16)15(19)18-12-8-6-11(17-2)7-9-12/h3-5,11-12,17H,6-9H2,1-2H3,(H,18,19). The Labute approximate surface area is 119 Å². The molecule has 0 bridgehead atoms. The van der Waals surface area contributed by atoms with Crippen molar-refractivity contribution in [2.45, 2.75) is 44.7 Å². The van der Waals surface area contributed by atoms with Crippen molar-refractivity contribution in [1.82, 2.24) is 10.6 Å². The molecular weight excluding hydrogens is 260 g/mol. The van der Waals surface area contributed by atoms with Crippen LogP contribution in [0.3, 0.4) is 0 Å². The van der Waals surface area contributed by atoms with Gasteiger partial charge in [-0.05, 0) is 51.3 Å². The van der Waals surface area contributed by atoms with E-state index in [0.29, 0.717) is 16.6 Å².